The van der Waals surface area contributed by atoms with E-state index in [1.807, 2.05) is 0 Å². The normalized spacial score (nSPS) is 9.47. The van der Waals surface area contributed by atoms with Crippen LogP contribution in [0.1, 0.15) is 17.3 Å². The van der Waals surface area contributed by atoms with E-state index in [0.717, 1.165) is 6.92 Å². The topological polar surface area (TPSA) is 95.9 Å². The van der Waals surface area contributed by atoms with Crippen LogP contribution in [0.3, 0.4) is 0 Å². The highest BCUT2D eigenvalue weighted by atomic mass is 16.5. The molecule has 1 aromatic carbocycles. The van der Waals surface area contributed by atoms with E-state index in [1.165, 1.54) is 23.7 Å². The molecule has 0 aromatic heterocycles. The SMILES string of the molecule is CC(=O)Oc1c(O)cccc1C(=O)NO. The van der Waals surface area contributed by atoms with E-state index in [1.54, 1.807) is 0 Å². The number of carbonyl (C=O) groups excluding carboxylic acids is 2. The third-order valence-electron chi connectivity index (χ3n) is 1.59. The monoisotopic (exact) mass is 211 g/mol. The number of hydrogen-bond donors (Lipinski definition) is 3. The van der Waals surface area contributed by atoms with Gasteiger partial charge in [-0.05, 0) is 12.1 Å². The van der Waals surface area contributed by atoms with Crippen molar-refractivity contribution in [2.45, 2.75) is 6.92 Å². The zero-order valence-electron chi connectivity index (χ0n) is 7.85. The summed E-state index contributed by atoms with van der Waals surface area (Å²) in [4.78, 5) is 21.8. The van der Waals surface area contributed by atoms with Crippen LogP contribution in [0, 0.1) is 0 Å². The van der Waals surface area contributed by atoms with E-state index in [9.17, 15) is 14.7 Å². The molecule has 80 valence electrons. The van der Waals surface area contributed by atoms with Crippen molar-refractivity contribution in [2.75, 3.05) is 0 Å². The van der Waals surface area contributed by atoms with Crippen molar-refractivity contribution in [2.24, 2.45) is 0 Å². The third kappa shape index (κ3) is 2.44. The van der Waals surface area contributed by atoms with Crippen LogP contribution in [-0.2, 0) is 4.79 Å². The summed E-state index contributed by atoms with van der Waals surface area (Å²) in [5.74, 6) is -2.19. The molecule has 0 aliphatic rings. The zero-order valence-corrected chi connectivity index (χ0v) is 7.85. The van der Waals surface area contributed by atoms with Crippen LogP contribution in [-0.4, -0.2) is 22.2 Å². The van der Waals surface area contributed by atoms with Gasteiger partial charge in [0.1, 0.15) is 0 Å². The lowest BCUT2D eigenvalue weighted by Gasteiger charge is -2.08. The molecule has 0 aliphatic heterocycles. The van der Waals surface area contributed by atoms with Crippen LogP contribution >= 0.6 is 0 Å². The number of nitrogens with one attached hydrogen (secondary N) is 1. The summed E-state index contributed by atoms with van der Waals surface area (Å²) >= 11 is 0. The van der Waals surface area contributed by atoms with Crippen LogP contribution in [0.2, 0.25) is 0 Å². The number of benzene rings is 1. The second-order valence-electron chi connectivity index (χ2n) is 2.69. The number of aromatic hydroxyl groups is 1. The molecule has 15 heavy (non-hydrogen) atoms. The van der Waals surface area contributed by atoms with E-state index in [-0.39, 0.29) is 17.1 Å². The van der Waals surface area contributed by atoms with E-state index in [2.05, 4.69) is 4.74 Å². The first kappa shape index (κ1) is 11.0. The van der Waals surface area contributed by atoms with Crippen molar-refractivity contribution in [3.05, 3.63) is 23.8 Å². The summed E-state index contributed by atoms with van der Waals surface area (Å²) in [7, 11) is 0. The Morgan fingerprint density at radius 1 is 1.40 bits per heavy atom. The van der Waals surface area contributed by atoms with Crippen LogP contribution in [0.4, 0.5) is 0 Å². The van der Waals surface area contributed by atoms with Gasteiger partial charge >= 0.3 is 5.97 Å². The van der Waals surface area contributed by atoms with Gasteiger partial charge in [0, 0.05) is 6.92 Å². The quantitative estimate of drug-likeness (QED) is 0.285. The summed E-state index contributed by atoms with van der Waals surface area (Å²) < 4.78 is 4.64. The first-order valence-electron chi connectivity index (χ1n) is 4.01. The van der Waals surface area contributed by atoms with Crippen molar-refractivity contribution in [1.82, 2.24) is 5.48 Å². The summed E-state index contributed by atoms with van der Waals surface area (Å²) in [5, 5.41) is 17.8. The fraction of sp³-hybridized carbons (Fsp3) is 0.111. The molecule has 0 fully saturated rings. The Morgan fingerprint density at radius 3 is 2.60 bits per heavy atom. The average molecular weight is 211 g/mol. The number of ether oxygens (including phenoxy) is 1. The predicted octanol–water partition coefficient (Wildman–Crippen LogP) is 0.436. The highest BCUT2D eigenvalue weighted by Gasteiger charge is 2.16. The maximum Gasteiger partial charge on any atom is 0.308 e. The Kier molecular flexibility index (Phi) is 3.25. The van der Waals surface area contributed by atoms with Gasteiger partial charge in [0.25, 0.3) is 5.91 Å². The van der Waals surface area contributed by atoms with Crippen LogP contribution in [0.25, 0.3) is 0 Å². The molecule has 0 atom stereocenters. The Labute approximate surface area is 85.1 Å². The number of amides is 1. The maximum absolute atomic E-state index is 11.1. The largest absolute Gasteiger partial charge is 0.504 e. The molecule has 3 N–H and O–H groups in total. The minimum atomic E-state index is -0.873. The Bertz CT molecular complexity index is 401. The summed E-state index contributed by atoms with van der Waals surface area (Å²) in [6, 6.07) is 3.93. The number of rotatable bonds is 2. The Morgan fingerprint density at radius 2 is 2.07 bits per heavy atom. The molecule has 0 unspecified atom stereocenters. The number of esters is 1. The molecule has 1 aromatic rings. The van der Waals surface area contributed by atoms with Gasteiger partial charge in [-0.3, -0.25) is 14.8 Å². The third-order valence-corrected chi connectivity index (χ3v) is 1.59. The van der Waals surface area contributed by atoms with Crippen molar-refractivity contribution in [3.8, 4) is 11.5 Å². The molecule has 1 rings (SSSR count). The van der Waals surface area contributed by atoms with Gasteiger partial charge in [0.15, 0.2) is 11.5 Å². The summed E-state index contributed by atoms with van der Waals surface area (Å²) in [5.41, 5.74) is 1.25. The highest BCUT2D eigenvalue weighted by molar-refractivity contribution is 5.97. The highest BCUT2D eigenvalue weighted by Crippen LogP contribution is 2.29. The van der Waals surface area contributed by atoms with Crippen LogP contribution in [0.5, 0.6) is 11.5 Å². The van der Waals surface area contributed by atoms with Crippen molar-refractivity contribution in [1.29, 1.82) is 0 Å². The standard InChI is InChI=1S/C9H9NO5/c1-5(11)15-8-6(9(13)10-14)3-2-4-7(8)12/h2-4,12,14H,1H3,(H,10,13). The minimum Gasteiger partial charge on any atom is -0.504 e. The number of phenolic OH excluding ortho intramolecular Hbond substituents is 1. The second-order valence-corrected chi connectivity index (χ2v) is 2.69. The van der Waals surface area contributed by atoms with Gasteiger partial charge < -0.3 is 9.84 Å². The first-order valence-corrected chi connectivity index (χ1v) is 4.01. The molecule has 1 amide bonds. The molecule has 6 nitrogen and oxygen atoms in total. The van der Waals surface area contributed by atoms with E-state index < -0.39 is 11.9 Å². The van der Waals surface area contributed by atoms with E-state index >= 15 is 0 Å². The van der Waals surface area contributed by atoms with Crippen LogP contribution in [0.15, 0.2) is 18.2 Å². The summed E-state index contributed by atoms with van der Waals surface area (Å²) in [6.45, 7) is 1.13. The second kappa shape index (κ2) is 4.43. The van der Waals surface area contributed by atoms with Gasteiger partial charge in [0.05, 0.1) is 5.56 Å². The number of hydroxylamine groups is 1. The average Bonchev–Trinajstić information content (AvgIpc) is 2.19. The maximum atomic E-state index is 11.1. The lowest BCUT2D eigenvalue weighted by atomic mass is 10.2. The minimum absolute atomic E-state index is 0.132. The van der Waals surface area contributed by atoms with Gasteiger partial charge in [-0.25, -0.2) is 5.48 Å². The number of carbonyl (C=O) groups is 2. The molecule has 6 heteroatoms. The van der Waals surface area contributed by atoms with Crippen molar-refractivity contribution >= 4 is 11.9 Å². The zero-order chi connectivity index (χ0) is 11.4. The molecular weight excluding hydrogens is 202 g/mol. The van der Waals surface area contributed by atoms with Gasteiger partial charge in [-0.15, -0.1) is 0 Å². The van der Waals surface area contributed by atoms with Crippen molar-refractivity contribution < 1.29 is 24.6 Å². The van der Waals surface area contributed by atoms with Crippen molar-refractivity contribution in [3.63, 3.8) is 0 Å². The molecule has 0 spiro atoms. The number of hydrogen-bond acceptors (Lipinski definition) is 5. The fourth-order valence-electron chi connectivity index (χ4n) is 1.01. The molecule has 0 saturated carbocycles. The first-order chi connectivity index (χ1) is 7.06. The Balaban J connectivity index is 3.19. The summed E-state index contributed by atoms with van der Waals surface area (Å²) in [6.07, 6.45) is 0. The van der Waals surface area contributed by atoms with Gasteiger partial charge in [-0.1, -0.05) is 6.07 Å². The molecule has 0 saturated heterocycles. The van der Waals surface area contributed by atoms with Crippen LogP contribution < -0.4 is 10.2 Å². The number of phenols is 1. The lowest BCUT2D eigenvalue weighted by molar-refractivity contribution is -0.132. The molecule has 0 radical (unpaired) electrons. The van der Waals surface area contributed by atoms with E-state index in [4.69, 9.17) is 5.21 Å². The predicted molar refractivity (Wildman–Crippen MR) is 48.7 cm³/mol. The van der Waals surface area contributed by atoms with Gasteiger partial charge in [0.2, 0.25) is 0 Å². The number of para-hydroxylation sites is 1. The molecule has 0 bridgehead atoms. The smallest absolute Gasteiger partial charge is 0.308 e. The molecular formula is C9H9NO5. The fourth-order valence-corrected chi connectivity index (χ4v) is 1.01. The molecule has 0 heterocycles. The lowest BCUT2D eigenvalue weighted by Crippen LogP contribution is -2.20. The Hall–Kier alpha value is -2.08. The van der Waals surface area contributed by atoms with E-state index in [0.29, 0.717) is 0 Å². The molecule has 0 aliphatic carbocycles. The van der Waals surface area contributed by atoms with Gasteiger partial charge in [-0.2, -0.15) is 0 Å².